The average molecular weight is 531 g/mol. The first kappa shape index (κ1) is 29.5. The minimum atomic E-state index is -4.45. The Hall–Kier alpha value is -3.09. The van der Waals surface area contributed by atoms with Crippen LogP contribution in [0.4, 0.5) is 13.2 Å². The van der Waals surface area contributed by atoms with Crippen LogP contribution in [0.5, 0.6) is 0 Å². The highest BCUT2D eigenvalue weighted by Crippen LogP contribution is 2.36. The van der Waals surface area contributed by atoms with E-state index in [9.17, 15) is 22.8 Å². The minimum absolute atomic E-state index is 0.172. The van der Waals surface area contributed by atoms with Crippen LogP contribution in [-0.2, 0) is 25.2 Å². The predicted octanol–water partition coefficient (Wildman–Crippen LogP) is 7.80. The first-order chi connectivity index (χ1) is 18.2. The first-order valence-corrected chi connectivity index (χ1v) is 13.3. The third-order valence-corrected chi connectivity index (χ3v) is 7.53. The molecule has 0 aromatic heterocycles. The fraction of sp³-hybridized carbons (Fsp3) is 0.484. The van der Waals surface area contributed by atoms with E-state index in [1.54, 1.807) is 24.3 Å². The number of esters is 2. The number of hydrogen-bond acceptors (Lipinski definition) is 4. The van der Waals surface area contributed by atoms with Gasteiger partial charge < -0.3 is 9.47 Å². The number of allylic oxidation sites excluding steroid dienone is 2. The summed E-state index contributed by atoms with van der Waals surface area (Å²) >= 11 is 0. The fourth-order valence-corrected chi connectivity index (χ4v) is 5.17. The van der Waals surface area contributed by atoms with Crippen LogP contribution in [0.1, 0.15) is 68.1 Å². The van der Waals surface area contributed by atoms with E-state index in [0.717, 1.165) is 63.5 Å². The van der Waals surface area contributed by atoms with Gasteiger partial charge in [0.2, 0.25) is 0 Å². The Labute approximate surface area is 223 Å². The molecule has 0 atom stereocenters. The predicted molar refractivity (Wildman–Crippen MR) is 143 cm³/mol. The lowest BCUT2D eigenvalue weighted by Gasteiger charge is -2.26. The number of rotatable bonds is 10. The van der Waals surface area contributed by atoms with E-state index in [1.165, 1.54) is 6.07 Å². The number of benzene rings is 1. The molecule has 38 heavy (non-hydrogen) atoms. The van der Waals surface area contributed by atoms with Gasteiger partial charge in [-0.05, 0) is 92.2 Å². The van der Waals surface area contributed by atoms with Crippen LogP contribution < -0.4 is 0 Å². The van der Waals surface area contributed by atoms with Crippen LogP contribution in [0.15, 0.2) is 55.7 Å². The highest BCUT2D eigenvalue weighted by Gasteiger charge is 2.33. The maximum atomic E-state index is 13.9. The third kappa shape index (κ3) is 9.34. The van der Waals surface area contributed by atoms with Gasteiger partial charge in [-0.25, -0.2) is 9.59 Å². The van der Waals surface area contributed by atoms with Gasteiger partial charge in [0, 0.05) is 12.2 Å². The SMILES string of the molecule is C=CC(=O)OCC1CCC(C=Cc2ccc(C=CC3CCC(COC(=O)C=C)CC3)c(C(F)(F)F)c2)CC1. The van der Waals surface area contributed by atoms with E-state index in [1.807, 2.05) is 12.2 Å². The van der Waals surface area contributed by atoms with Crippen molar-refractivity contribution < 1.29 is 32.2 Å². The number of halogens is 3. The van der Waals surface area contributed by atoms with Gasteiger partial charge in [0.15, 0.2) is 0 Å². The number of carbonyl (C=O) groups is 2. The van der Waals surface area contributed by atoms with Gasteiger partial charge in [-0.15, -0.1) is 0 Å². The molecular weight excluding hydrogens is 493 g/mol. The van der Waals surface area contributed by atoms with Crippen molar-refractivity contribution in [3.8, 4) is 0 Å². The molecule has 2 saturated carbocycles. The van der Waals surface area contributed by atoms with E-state index >= 15 is 0 Å². The molecule has 4 nitrogen and oxygen atoms in total. The van der Waals surface area contributed by atoms with Gasteiger partial charge in [0.1, 0.15) is 0 Å². The Morgan fingerprint density at radius 1 is 0.789 bits per heavy atom. The molecule has 0 aliphatic heterocycles. The molecule has 0 saturated heterocycles. The summed E-state index contributed by atoms with van der Waals surface area (Å²) in [5.41, 5.74) is 0.0750. The summed E-state index contributed by atoms with van der Waals surface area (Å²) in [6.07, 6.45) is 12.2. The molecule has 3 rings (SSSR count). The average Bonchev–Trinajstić information content (AvgIpc) is 2.93. The summed E-state index contributed by atoms with van der Waals surface area (Å²) in [7, 11) is 0. The zero-order chi connectivity index (χ0) is 27.5. The van der Waals surface area contributed by atoms with Crippen molar-refractivity contribution in [2.24, 2.45) is 23.7 Å². The van der Waals surface area contributed by atoms with Gasteiger partial charge >= 0.3 is 18.1 Å². The molecule has 1 aromatic rings. The van der Waals surface area contributed by atoms with Gasteiger partial charge in [-0.2, -0.15) is 13.2 Å². The van der Waals surface area contributed by atoms with Crippen LogP contribution in [0.3, 0.4) is 0 Å². The highest BCUT2D eigenvalue weighted by atomic mass is 19.4. The van der Waals surface area contributed by atoms with Gasteiger partial charge in [0.05, 0.1) is 18.8 Å². The van der Waals surface area contributed by atoms with Crippen LogP contribution in [-0.4, -0.2) is 25.2 Å². The summed E-state index contributed by atoms with van der Waals surface area (Å²) in [6.45, 7) is 7.52. The molecule has 0 unspecified atom stereocenters. The topological polar surface area (TPSA) is 52.6 Å². The third-order valence-electron chi connectivity index (χ3n) is 7.53. The zero-order valence-electron chi connectivity index (χ0n) is 21.8. The molecule has 1 aromatic carbocycles. The minimum Gasteiger partial charge on any atom is -0.462 e. The Morgan fingerprint density at radius 3 is 1.71 bits per heavy atom. The number of carbonyl (C=O) groups excluding carboxylic acids is 2. The summed E-state index contributed by atoms with van der Waals surface area (Å²) in [5, 5.41) is 0. The monoisotopic (exact) mass is 530 g/mol. The van der Waals surface area contributed by atoms with Crippen molar-refractivity contribution in [3.63, 3.8) is 0 Å². The van der Waals surface area contributed by atoms with Crippen molar-refractivity contribution in [3.05, 3.63) is 72.4 Å². The van der Waals surface area contributed by atoms with Gasteiger partial charge in [0.25, 0.3) is 0 Å². The maximum absolute atomic E-state index is 13.9. The second-order valence-electron chi connectivity index (χ2n) is 10.3. The van der Waals surface area contributed by atoms with Crippen molar-refractivity contribution in [1.82, 2.24) is 0 Å². The van der Waals surface area contributed by atoms with E-state index in [4.69, 9.17) is 9.47 Å². The molecule has 206 valence electrons. The highest BCUT2D eigenvalue weighted by molar-refractivity contribution is 5.81. The lowest BCUT2D eigenvalue weighted by atomic mass is 9.82. The molecular formula is C31H37F3O4. The molecule has 2 aliphatic carbocycles. The van der Waals surface area contributed by atoms with Crippen LogP contribution in [0.2, 0.25) is 0 Å². The largest absolute Gasteiger partial charge is 0.462 e. The van der Waals surface area contributed by atoms with Crippen molar-refractivity contribution in [2.75, 3.05) is 13.2 Å². The summed E-state index contributed by atoms with van der Waals surface area (Å²) in [4.78, 5) is 22.5. The molecule has 0 N–H and O–H groups in total. The summed E-state index contributed by atoms with van der Waals surface area (Å²) in [5.74, 6) is 0.257. The molecule has 7 heteroatoms. The Bertz CT molecular complexity index is 1020. The quantitative estimate of drug-likeness (QED) is 0.229. The van der Waals surface area contributed by atoms with Crippen LogP contribution in [0, 0.1) is 23.7 Å². The second-order valence-corrected chi connectivity index (χ2v) is 10.3. The maximum Gasteiger partial charge on any atom is 0.417 e. The molecule has 0 radical (unpaired) electrons. The normalized spacial score (nSPS) is 24.3. The Balaban J connectivity index is 1.55. The van der Waals surface area contributed by atoms with E-state index in [0.29, 0.717) is 30.6 Å². The molecule has 0 bridgehead atoms. The van der Waals surface area contributed by atoms with Crippen molar-refractivity contribution in [1.29, 1.82) is 0 Å². The Morgan fingerprint density at radius 2 is 1.26 bits per heavy atom. The molecule has 2 fully saturated rings. The van der Waals surface area contributed by atoms with Crippen LogP contribution in [0.25, 0.3) is 12.2 Å². The van der Waals surface area contributed by atoms with E-state index in [-0.39, 0.29) is 17.4 Å². The van der Waals surface area contributed by atoms with Gasteiger partial charge in [-0.1, -0.05) is 49.6 Å². The molecule has 2 aliphatic rings. The van der Waals surface area contributed by atoms with Crippen molar-refractivity contribution >= 4 is 24.1 Å². The lowest BCUT2D eigenvalue weighted by Crippen LogP contribution is -2.19. The van der Waals surface area contributed by atoms with E-state index in [2.05, 4.69) is 13.2 Å². The standard InChI is InChI=1S/C31H37F3O4/c1-3-29(35)37-20-25-11-6-22(7-12-25)5-10-24-16-18-27(28(19-24)31(32,33)34)17-15-23-8-13-26(14-9-23)21-38-30(36)4-2/h3-5,10,15-19,22-23,25-26H,1-2,6-9,11-14,20-21H2. The number of ether oxygens (including phenoxy) is 2. The molecule has 0 heterocycles. The molecule has 0 spiro atoms. The van der Waals surface area contributed by atoms with Crippen molar-refractivity contribution in [2.45, 2.75) is 57.5 Å². The van der Waals surface area contributed by atoms with Crippen LogP contribution >= 0.6 is 0 Å². The number of hydrogen-bond donors (Lipinski definition) is 0. The Kier molecular flexibility index (Phi) is 11.0. The van der Waals surface area contributed by atoms with E-state index < -0.39 is 23.7 Å². The zero-order valence-corrected chi connectivity index (χ0v) is 21.8. The summed E-state index contributed by atoms with van der Waals surface area (Å²) < 4.78 is 51.9. The summed E-state index contributed by atoms with van der Waals surface area (Å²) in [6, 6.07) is 4.50. The first-order valence-electron chi connectivity index (χ1n) is 13.3. The fourth-order valence-electron chi connectivity index (χ4n) is 5.17. The lowest BCUT2D eigenvalue weighted by molar-refractivity contribution is -0.140. The second kappa shape index (κ2) is 14.2. The number of alkyl halides is 3. The smallest absolute Gasteiger partial charge is 0.417 e. The molecule has 0 amide bonds. The van der Waals surface area contributed by atoms with Gasteiger partial charge in [-0.3, -0.25) is 0 Å².